The molecule has 1 aromatic carbocycles. The molecule has 2 aliphatic heterocycles. The van der Waals surface area contributed by atoms with E-state index in [2.05, 4.69) is 0 Å². The summed E-state index contributed by atoms with van der Waals surface area (Å²) < 4.78 is 4.99. The van der Waals surface area contributed by atoms with Crippen LogP contribution in [-0.4, -0.2) is 77.3 Å². The molecule has 2 amide bonds. The molecule has 2 N–H and O–H groups in total. The summed E-state index contributed by atoms with van der Waals surface area (Å²) >= 11 is 12.4. The van der Waals surface area contributed by atoms with Gasteiger partial charge in [0.05, 0.1) is 23.2 Å². The minimum absolute atomic E-state index is 0.0248. The number of piperazine rings is 1. The normalized spacial score (nSPS) is 23.9. The summed E-state index contributed by atoms with van der Waals surface area (Å²) in [5, 5.41) is 20.2. The van der Waals surface area contributed by atoms with Gasteiger partial charge in [-0.25, -0.2) is 0 Å². The van der Waals surface area contributed by atoms with Gasteiger partial charge >= 0.3 is 0 Å². The van der Waals surface area contributed by atoms with Gasteiger partial charge in [0, 0.05) is 31.8 Å². The maximum atomic E-state index is 12.5. The number of amides is 2. The zero-order valence-corrected chi connectivity index (χ0v) is 16.4. The van der Waals surface area contributed by atoms with Crippen molar-refractivity contribution in [3.63, 3.8) is 0 Å². The quantitative estimate of drug-likeness (QED) is 0.777. The van der Waals surface area contributed by atoms with Crippen LogP contribution in [0.15, 0.2) is 12.1 Å². The summed E-state index contributed by atoms with van der Waals surface area (Å²) in [5.41, 5.74) is 0.588. The largest absolute Gasteiger partial charge is 0.508 e. The number of nitrogens with zero attached hydrogens (tertiary/aromatic N) is 2. The van der Waals surface area contributed by atoms with Crippen molar-refractivity contribution in [2.75, 3.05) is 33.4 Å². The van der Waals surface area contributed by atoms with Crippen molar-refractivity contribution in [2.24, 2.45) is 0 Å². The number of rotatable bonds is 4. The Morgan fingerprint density at radius 3 is 2.81 bits per heavy atom. The number of aromatic hydroxyl groups is 1. The van der Waals surface area contributed by atoms with Crippen molar-refractivity contribution < 1.29 is 24.5 Å². The Balaban J connectivity index is 1.80. The van der Waals surface area contributed by atoms with Crippen molar-refractivity contribution in [3.8, 4) is 5.75 Å². The number of halogens is 2. The Labute approximate surface area is 167 Å². The molecule has 2 aliphatic rings. The molecular weight excluding hydrogens is 395 g/mol. The highest BCUT2D eigenvalue weighted by atomic mass is 35.5. The summed E-state index contributed by atoms with van der Waals surface area (Å²) in [6, 6.07) is 2.87. The predicted molar refractivity (Wildman–Crippen MR) is 100 cm³/mol. The Hall–Kier alpha value is -1.54. The highest BCUT2D eigenvalue weighted by molar-refractivity contribution is 6.42. The van der Waals surface area contributed by atoms with Crippen molar-refractivity contribution in [1.29, 1.82) is 0 Å². The first-order valence-electron chi connectivity index (χ1n) is 8.76. The molecule has 7 nitrogen and oxygen atoms in total. The van der Waals surface area contributed by atoms with Crippen LogP contribution in [0.25, 0.3) is 0 Å². The monoisotopic (exact) mass is 416 g/mol. The van der Waals surface area contributed by atoms with E-state index < -0.39 is 18.6 Å². The first-order valence-corrected chi connectivity index (χ1v) is 9.51. The maximum absolute atomic E-state index is 12.5. The lowest BCUT2D eigenvalue weighted by molar-refractivity contribution is -0.157. The number of carbonyl (C=O) groups excluding carboxylic acids is 2. The molecule has 2 saturated heterocycles. The van der Waals surface area contributed by atoms with Gasteiger partial charge in [0.1, 0.15) is 5.75 Å². The van der Waals surface area contributed by atoms with Gasteiger partial charge in [0.15, 0.2) is 6.10 Å². The maximum Gasteiger partial charge on any atom is 0.254 e. The smallest absolute Gasteiger partial charge is 0.254 e. The van der Waals surface area contributed by atoms with Gasteiger partial charge in [-0.15, -0.1) is 0 Å². The van der Waals surface area contributed by atoms with Gasteiger partial charge in [-0.3, -0.25) is 9.59 Å². The van der Waals surface area contributed by atoms with Crippen LogP contribution < -0.4 is 0 Å². The molecule has 0 unspecified atom stereocenters. The summed E-state index contributed by atoms with van der Waals surface area (Å²) in [6.07, 6.45) is 0.233. The number of hydrogen-bond acceptors (Lipinski definition) is 5. The average Bonchev–Trinajstić information content (AvgIpc) is 2.65. The Morgan fingerprint density at radius 1 is 1.41 bits per heavy atom. The third kappa shape index (κ3) is 3.87. The van der Waals surface area contributed by atoms with Crippen LogP contribution in [0.3, 0.4) is 0 Å². The topological polar surface area (TPSA) is 90.3 Å². The van der Waals surface area contributed by atoms with Gasteiger partial charge in [0.2, 0.25) is 5.91 Å². The summed E-state index contributed by atoms with van der Waals surface area (Å²) in [7, 11) is 1.34. The van der Waals surface area contributed by atoms with E-state index in [0.29, 0.717) is 41.5 Å². The number of hydrogen-bond donors (Lipinski definition) is 2. The van der Waals surface area contributed by atoms with E-state index in [1.807, 2.05) is 0 Å². The third-order valence-electron chi connectivity index (χ3n) is 5.35. The summed E-state index contributed by atoms with van der Waals surface area (Å²) in [5.74, 6) is -0.528. The van der Waals surface area contributed by atoms with Gasteiger partial charge in [-0.05, 0) is 30.9 Å². The predicted octanol–water partition coefficient (Wildman–Crippen LogP) is 1.62. The standard InChI is InChI=1S/C18H22Cl2N2O5/c1-27-14(9-23)18(26)21-7-11-6-10(4-5-22(11)15(25)8-21)16-13(24)3-2-12(19)17(16)20/h2-3,10-11,14,23-24H,4-9H2,1H3/t10-,11+,14+/m1/s1. The number of methoxy groups -OCH3 is 1. The highest BCUT2D eigenvalue weighted by Crippen LogP contribution is 2.43. The highest BCUT2D eigenvalue weighted by Gasteiger charge is 2.41. The second-order valence-corrected chi connectivity index (χ2v) is 7.67. The summed E-state index contributed by atoms with van der Waals surface area (Å²) in [6.45, 7) is 0.401. The van der Waals surface area contributed by atoms with Gasteiger partial charge in [-0.2, -0.15) is 0 Å². The molecule has 0 spiro atoms. The zero-order chi connectivity index (χ0) is 19.7. The number of fused-ring (bicyclic) bond motifs is 1. The van der Waals surface area contributed by atoms with Gasteiger partial charge in [-0.1, -0.05) is 23.2 Å². The number of phenolic OH excluding ortho intramolecular Hbond substituents is 1. The Morgan fingerprint density at radius 2 is 2.15 bits per heavy atom. The van der Waals surface area contributed by atoms with E-state index in [1.54, 1.807) is 11.0 Å². The molecule has 0 saturated carbocycles. The number of carbonyl (C=O) groups is 2. The van der Waals surface area contributed by atoms with Crippen molar-refractivity contribution >= 4 is 35.0 Å². The number of benzene rings is 1. The Kier molecular flexibility index (Phi) is 6.15. The molecule has 148 valence electrons. The third-order valence-corrected chi connectivity index (χ3v) is 6.17. The zero-order valence-electron chi connectivity index (χ0n) is 14.9. The van der Waals surface area contributed by atoms with E-state index in [9.17, 15) is 19.8 Å². The second kappa shape index (κ2) is 8.22. The molecular formula is C18H22Cl2N2O5. The van der Waals surface area contributed by atoms with Crippen molar-refractivity contribution in [1.82, 2.24) is 9.80 Å². The van der Waals surface area contributed by atoms with E-state index in [0.717, 1.165) is 0 Å². The van der Waals surface area contributed by atoms with Crippen LogP contribution >= 0.6 is 23.2 Å². The van der Waals surface area contributed by atoms with Crippen LogP contribution in [0.4, 0.5) is 0 Å². The van der Waals surface area contributed by atoms with Crippen LogP contribution in [0.2, 0.25) is 10.0 Å². The molecule has 0 aromatic heterocycles. The molecule has 3 rings (SSSR count). The molecule has 0 radical (unpaired) electrons. The van der Waals surface area contributed by atoms with E-state index >= 15 is 0 Å². The molecule has 0 bridgehead atoms. The number of ether oxygens (including phenoxy) is 1. The molecule has 0 aliphatic carbocycles. The Bertz CT molecular complexity index is 741. The average molecular weight is 417 g/mol. The molecule has 1 aromatic rings. The number of piperidine rings is 1. The number of aliphatic hydroxyl groups is 1. The first-order chi connectivity index (χ1) is 12.9. The fourth-order valence-electron chi connectivity index (χ4n) is 3.96. The van der Waals surface area contributed by atoms with E-state index in [-0.39, 0.29) is 30.2 Å². The first kappa shape index (κ1) is 20.2. The lowest BCUT2D eigenvalue weighted by Gasteiger charge is -2.46. The van der Waals surface area contributed by atoms with Crippen LogP contribution in [-0.2, 0) is 14.3 Å². The van der Waals surface area contributed by atoms with Crippen LogP contribution in [0, 0.1) is 0 Å². The lowest BCUT2D eigenvalue weighted by Crippen LogP contribution is -2.61. The molecule has 27 heavy (non-hydrogen) atoms. The van der Waals surface area contributed by atoms with Crippen molar-refractivity contribution in [3.05, 3.63) is 27.7 Å². The van der Waals surface area contributed by atoms with Gasteiger partial charge < -0.3 is 24.7 Å². The molecule has 2 heterocycles. The van der Waals surface area contributed by atoms with E-state index in [1.165, 1.54) is 18.1 Å². The number of aliphatic hydroxyl groups excluding tert-OH is 1. The fraction of sp³-hybridized carbons (Fsp3) is 0.556. The molecule has 2 fully saturated rings. The number of phenols is 1. The molecule has 9 heteroatoms. The van der Waals surface area contributed by atoms with E-state index in [4.69, 9.17) is 27.9 Å². The van der Waals surface area contributed by atoms with Gasteiger partial charge in [0.25, 0.3) is 5.91 Å². The minimum Gasteiger partial charge on any atom is -0.508 e. The SMILES string of the molecule is CO[C@@H](CO)C(=O)N1CC(=O)N2CC[C@@H](c3c(O)ccc(Cl)c3Cl)C[C@H]2C1. The fourth-order valence-corrected chi connectivity index (χ4v) is 4.44. The molecule has 3 atom stereocenters. The van der Waals surface area contributed by atoms with Crippen LogP contribution in [0.1, 0.15) is 24.3 Å². The van der Waals surface area contributed by atoms with Crippen LogP contribution in [0.5, 0.6) is 5.75 Å². The minimum atomic E-state index is -0.977. The second-order valence-electron chi connectivity index (χ2n) is 6.88. The summed E-state index contributed by atoms with van der Waals surface area (Å²) in [4.78, 5) is 28.2. The van der Waals surface area contributed by atoms with Crippen molar-refractivity contribution in [2.45, 2.75) is 30.9 Å². The lowest BCUT2D eigenvalue weighted by atomic mass is 9.83.